The van der Waals surface area contributed by atoms with E-state index in [9.17, 15) is 9.59 Å². The fourth-order valence-corrected chi connectivity index (χ4v) is 2.00. The Kier molecular flexibility index (Phi) is 15.4. The third-order valence-electron chi connectivity index (χ3n) is 3.24. The Bertz CT molecular complexity index is 448. The van der Waals surface area contributed by atoms with Gasteiger partial charge in [0.1, 0.15) is 0 Å². The van der Waals surface area contributed by atoms with Gasteiger partial charge in [-0.1, -0.05) is 56.5 Å². The fraction of sp³-hybridized carbons (Fsp3) is 0.579. The van der Waals surface area contributed by atoms with E-state index in [0.29, 0.717) is 13.2 Å². The Morgan fingerprint density at radius 3 is 2.36 bits per heavy atom. The SMILES string of the molecule is CC(N)=O.CCCCCCOC(=O)NCCNCCc1ccccc1. The van der Waals surface area contributed by atoms with Crippen LogP contribution in [0.3, 0.4) is 0 Å². The van der Waals surface area contributed by atoms with Crippen LogP contribution < -0.4 is 16.4 Å². The first-order valence-corrected chi connectivity index (χ1v) is 8.97. The van der Waals surface area contributed by atoms with Crippen LogP contribution in [0.4, 0.5) is 4.79 Å². The number of benzene rings is 1. The summed E-state index contributed by atoms with van der Waals surface area (Å²) in [6.07, 6.45) is 5.18. The fourth-order valence-electron chi connectivity index (χ4n) is 2.00. The minimum Gasteiger partial charge on any atom is -0.450 e. The Morgan fingerprint density at radius 2 is 1.72 bits per heavy atom. The van der Waals surface area contributed by atoms with E-state index in [-0.39, 0.29) is 12.0 Å². The van der Waals surface area contributed by atoms with E-state index in [4.69, 9.17) is 4.74 Å². The molecule has 6 nitrogen and oxygen atoms in total. The maximum Gasteiger partial charge on any atom is 0.407 e. The van der Waals surface area contributed by atoms with Crippen molar-refractivity contribution < 1.29 is 14.3 Å². The summed E-state index contributed by atoms with van der Waals surface area (Å²) in [5.41, 5.74) is 5.80. The van der Waals surface area contributed by atoms with Crippen LogP contribution in [0, 0.1) is 0 Å². The number of ether oxygens (including phenoxy) is 1. The van der Waals surface area contributed by atoms with E-state index in [2.05, 4.69) is 35.4 Å². The first kappa shape index (κ1) is 22.9. The van der Waals surface area contributed by atoms with E-state index >= 15 is 0 Å². The highest BCUT2D eigenvalue weighted by Gasteiger charge is 2.00. The molecule has 0 saturated heterocycles. The molecule has 0 aliphatic rings. The quantitative estimate of drug-likeness (QED) is 0.534. The number of hydrogen-bond acceptors (Lipinski definition) is 4. The highest BCUT2D eigenvalue weighted by atomic mass is 16.5. The summed E-state index contributed by atoms with van der Waals surface area (Å²) < 4.78 is 5.09. The van der Waals surface area contributed by atoms with Gasteiger partial charge < -0.3 is 21.1 Å². The lowest BCUT2D eigenvalue weighted by atomic mass is 10.1. The predicted molar refractivity (Wildman–Crippen MR) is 101 cm³/mol. The minimum absolute atomic E-state index is 0.309. The molecule has 0 aromatic heterocycles. The zero-order chi connectivity index (χ0) is 18.8. The second-order valence-corrected chi connectivity index (χ2v) is 5.72. The van der Waals surface area contributed by atoms with Crippen molar-refractivity contribution in [1.29, 1.82) is 0 Å². The first-order valence-electron chi connectivity index (χ1n) is 8.97. The third-order valence-corrected chi connectivity index (χ3v) is 3.24. The number of carbonyl (C=O) groups excluding carboxylic acids is 2. The first-order chi connectivity index (χ1) is 12.1. The molecule has 1 aromatic carbocycles. The van der Waals surface area contributed by atoms with Crippen LogP contribution in [0.15, 0.2) is 30.3 Å². The van der Waals surface area contributed by atoms with Crippen molar-refractivity contribution in [2.24, 2.45) is 5.73 Å². The average molecular weight is 351 g/mol. The Labute approximate surface area is 151 Å². The van der Waals surface area contributed by atoms with Crippen LogP contribution in [0.2, 0.25) is 0 Å². The van der Waals surface area contributed by atoms with Gasteiger partial charge in [-0.2, -0.15) is 0 Å². The van der Waals surface area contributed by atoms with E-state index in [1.165, 1.54) is 25.3 Å². The number of primary amides is 1. The van der Waals surface area contributed by atoms with Gasteiger partial charge in [0.2, 0.25) is 5.91 Å². The van der Waals surface area contributed by atoms with Gasteiger partial charge in [0.15, 0.2) is 0 Å². The number of carbonyl (C=O) groups is 2. The topological polar surface area (TPSA) is 93.5 Å². The summed E-state index contributed by atoms with van der Waals surface area (Å²) in [5, 5.41) is 6.05. The van der Waals surface area contributed by atoms with Gasteiger partial charge in [-0.15, -0.1) is 0 Å². The highest BCUT2D eigenvalue weighted by molar-refractivity contribution is 5.70. The van der Waals surface area contributed by atoms with Gasteiger partial charge in [-0.25, -0.2) is 4.79 Å². The Hall–Kier alpha value is -2.08. The molecule has 4 N–H and O–H groups in total. The molecule has 0 heterocycles. The normalized spacial score (nSPS) is 9.68. The summed E-state index contributed by atoms with van der Waals surface area (Å²) in [5.74, 6) is -0.333. The van der Waals surface area contributed by atoms with Crippen LogP contribution in [0.1, 0.15) is 45.1 Å². The van der Waals surface area contributed by atoms with Crippen molar-refractivity contribution in [2.45, 2.75) is 46.0 Å². The molecule has 1 rings (SSSR count). The number of nitrogens with two attached hydrogens (primary N) is 1. The van der Waals surface area contributed by atoms with Gasteiger partial charge >= 0.3 is 6.09 Å². The summed E-state index contributed by atoms with van der Waals surface area (Å²) >= 11 is 0. The van der Waals surface area contributed by atoms with Crippen molar-refractivity contribution in [2.75, 3.05) is 26.2 Å². The molecule has 2 amide bonds. The standard InChI is InChI=1S/C17H28N2O2.C2H5NO/c1-2-3-4-8-15-21-17(20)19-14-13-18-12-11-16-9-6-5-7-10-16;1-2(3)4/h5-7,9-10,18H,2-4,8,11-15H2,1H3,(H,19,20);1H3,(H2,3,4). The Balaban J connectivity index is 0.00000129. The van der Waals surface area contributed by atoms with Gasteiger partial charge in [-0.3, -0.25) is 4.79 Å². The second-order valence-electron chi connectivity index (χ2n) is 5.72. The van der Waals surface area contributed by atoms with E-state index in [1.807, 2.05) is 18.2 Å². The number of rotatable bonds is 11. The molecule has 0 radical (unpaired) electrons. The zero-order valence-corrected chi connectivity index (χ0v) is 15.6. The van der Waals surface area contributed by atoms with Crippen LogP contribution in [-0.2, 0) is 16.0 Å². The second kappa shape index (κ2) is 16.8. The Morgan fingerprint density at radius 1 is 1.04 bits per heavy atom. The molecule has 0 bridgehead atoms. The van der Waals surface area contributed by atoms with Gasteiger partial charge in [0.05, 0.1) is 6.61 Å². The lowest BCUT2D eigenvalue weighted by Crippen LogP contribution is -2.33. The summed E-state index contributed by atoms with van der Waals surface area (Å²) in [7, 11) is 0. The lowest BCUT2D eigenvalue weighted by molar-refractivity contribution is -0.115. The summed E-state index contributed by atoms with van der Waals surface area (Å²) in [4.78, 5) is 20.6. The maximum absolute atomic E-state index is 11.4. The van der Waals surface area contributed by atoms with Crippen molar-refractivity contribution in [3.63, 3.8) is 0 Å². The molecule has 0 unspecified atom stereocenters. The number of unbranched alkanes of at least 4 members (excludes halogenated alkanes) is 3. The molecule has 0 atom stereocenters. The molecule has 6 heteroatoms. The molecule has 0 saturated carbocycles. The molecule has 0 aliphatic carbocycles. The summed E-state index contributed by atoms with van der Waals surface area (Å²) in [6, 6.07) is 10.4. The molecule has 0 spiro atoms. The molecule has 25 heavy (non-hydrogen) atoms. The molecule has 0 fully saturated rings. The predicted octanol–water partition coefficient (Wildman–Crippen LogP) is 2.62. The number of amides is 2. The van der Waals surface area contributed by atoms with Crippen LogP contribution in [-0.4, -0.2) is 38.2 Å². The molecule has 1 aromatic rings. The van der Waals surface area contributed by atoms with E-state index < -0.39 is 0 Å². The number of alkyl carbamates (subject to hydrolysis) is 1. The smallest absolute Gasteiger partial charge is 0.407 e. The van der Waals surface area contributed by atoms with Gasteiger partial charge in [0, 0.05) is 20.0 Å². The van der Waals surface area contributed by atoms with Crippen LogP contribution in [0.25, 0.3) is 0 Å². The maximum atomic E-state index is 11.4. The van der Waals surface area contributed by atoms with E-state index in [1.54, 1.807) is 0 Å². The van der Waals surface area contributed by atoms with E-state index in [0.717, 1.165) is 32.4 Å². The van der Waals surface area contributed by atoms with Gasteiger partial charge in [0.25, 0.3) is 0 Å². The van der Waals surface area contributed by atoms with Crippen molar-refractivity contribution in [1.82, 2.24) is 10.6 Å². The molecule has 142 valence electrons. The number of hydrogen-bond donors (Lipinski definition) is 3. The zero-order valence-electron chi connectivity index (χ0n) is 15.6. The van der Waals surface area contributed by atoms with Crippen molar-refractivity contribution in [3.8, 4) is 0 Å². The monoisotopic (exact) mass is 351 g/mol. The lowest BCUT2D eigenvalue weighted by Gasteiger charge is -2.08. The van der Waals surface area contributed by atoms with Crippen molar-refractivity contribution >= 4 is 12.0 Å². The van der Waals surface area contributed by atoms with Crippen LogP contribution >= 0.6 is 0 Å². The van der Waals surface area contributed by atoms with Crippen molar-refractivity contribution in [3.05, 3.63) is 35.9 Å². The minimum atomic E-state index is -0.333. The molecular formula is C19H33N3O3. The van der Waals surface area contributed by atoms with Crippen LogP contribution in [0.5, 0.6) is 0 Å². The highest BCUT2D eigenvalue weighted by Crippen LogP contribution is 1.99. The summed E-state index contributed by atoms with van der Waals surface area (Å²) in [6.45, 7) is 6.27. The average Bonchev–Trinajstić information content (AvgIpc) is 2.58. The largest absolute Gasteiger partial charge is 0.450 e. The van der Waals surface area contributed by atoms with Gasteiger partial charge in [-0.05, 0) is 24.9 Å². The molecule has 0 aliphatic heterocycles. The number of nitrogens with one attached hydrogen (secondary N) is 2. The third kappa shape index (κ3) is 18.1. The molecular weight excluding hydrogens is 318 g/mol.